The van der Waals surface area contributed by atoms with Crippen LogP contribution in [0, 0.1) is 4.64 Å². The Morgan fingerprint density at radius 3 is 2.63 bits per heavy atom. The van der Waals surface area contributed by atoms with Gasteiger partial charge >= 0.3 is 0 Å². The van der Waals surface area contributed by atoms with Crippen LogP contribution >= 0.6 is 12.2 Å². The molecule has 108 valence electrons. The summed E-state index contributed by atoms with van der Waals surface area (Å²) >= 11 is 5.14. The Morgan fingerprint density at radius 2 is 2.00 bits per heavy atom. The monoisotopic (exact) mass is 282 g/mol. The van der Waals surface area contributed by atoms with Crippen LogP contribution < -0.4 is 5.32 Å². The van der Waals surface area contributed by atoms with Crippen LogP contribution in [0.25, 0.3) is 0 Å². The summed E-state index contributed by atoms with van der Waals surface area (Å²) in [6, 6.07) is 1.89. The Labute approximate surface area is 121 Å². The third-order valence-corrected chi connectivity index (χ3v) is 3.45. The number of aromatic nitrogens is 2. The fourth-order valence-corrected chi connectivity index (χ4v) is 2.22. The van der Waals surface area contributed by atoms with Gasteiger partial charge in [0.05, 0.1) is 0 Å². The van der Waals surface area contributed by atoms with E-state index < -0.39 is 0 Å². The number of anilines is 1. The lowest BCUT2D eigenvalue weighted by Crippen LogP contribution is -2.24. The maximum atomic E-state index is 5.14. The number of aromatic amines is 1. The Bertz CT molecular complexity index is 412. The minimum absolute atomic E-state index is 0.654. The van der Waals surface area contributed by atoms with E-state index in [-0.39, 0.29) is 0 Å². The van der Waals surface area contributed by atoms with E-state index in [0.717, 1.165) is 37.7 Å². The highest BCUT2D eigenvalue weighted by Crippen LogP contribution is 2.05. The standard InChI is InChI=1S/C14H26N4S/c1-4-12-16-13(11-14(19)17-12)15-9-7-8-10-18(5-2)6-3/h11H,4-10H2,1-3H3,(H2,15,16,17,19). The second kappa shape index (κ2) is 9.04. The number of hydrogen-bond donors (Lipinski definition) is 2. The molecule has 0 aromatic carbocycles. The molecule has 0 saturated heterocycles. The second-order valence-electron chi connectivity index (χ2n) is 4.59. The maximum Gasteiger partial charge on any atom is 0.131 e. The number of unbranched alkanes of at least 4 members (excludes halogenated alkanes) is 1. The predicted octanol–water partition coefficient (Wildman–Crippen LogP) is 3.24. The van der Waals surface area contributed by atoms with Crippen molar-refractivity contribution in [3.63, 3.8) is 0 Å². The summed E-state index contributed by atoms with van der Waals surface area (Å²) in [4.78, 5) is 9.97. The lowest BCUT2D eigenvalue weighted by Gasteiger charge is -2.17. The Morgan fingerprint density at radius 1 is 1.26 bits per heavy atom. The van der Waals surface area contributed by atoms with Gasteiger partial charge in [0.25, 0.3) is 0 Å². The molecule has 0 spiro atoms. The van der Waals surface area contributed by atoms with Crippen LogP contribution in [0.15, 0.2) is 6.07 Å². The molecule has 0 radical (unpaired) electrons. The largest absolute Gasteiger partial charge is 0.372 e. The van der Waals surface area contributed by atoms with Crippen molar-refractivity contribution in [1.29, 1.82) is 0 Å². The first-order valence-electron chi connectivity index (χ1n) is 7.26. The molecule has 0 bridgehead atoms. The third kappa shape index (κ3) is 6.16. The van der Waals surface area contributed by atoms with Gasteiger partial charge in [-0.05, 0) is 32.5 Å². The first-order valence-corrected chi connectivity index (χ1v) is 7.66. The molecule has 4 nitrogen and oxygen atoms in total. The van der Waals surface area contributed by atoms with Crippen LogP contribution in [-0.4, -0.2) is 41.0 Å². The van der Waals surface area contributed by atoms with E-state index in [0.29, 0.717) is 4.64 Å². The predicted molar refractivity (Wildman–Crippen MR) is 84.3 cm³/mol. The summed E-state index contributed by atoms with van der Waals surface area (Å²) < 4.78 is 0.654. The van der Waals surface area contributed by atoms with Crippen LogP contribution in [0.1, 0.15) is 39.4 Å². The average molecular weight is 282 g/mol. The van der Waals surface area contributed by atoms with Gasteiger partial charge in [-0.3, -0.25) is 0 Å². The van der Waals surface area contributed by atoms with Gasteiger partial charge in [0.15, 0.2) is 0 Å². The molecule has 0 aliphatic carbocycles. The van der Waals surface area contributed by atoms with Crippen molar-refractivity contribution < 1.29 is 0 Å². The first-order chi connectivity index (χ1) is 9.19. The number of nitrogens with one attached hydrogen (secondary N) is 2. The summed E-state index contributed by atoms with van der Waals surface area (Å²) in [5.41, 5.74) is 0. The molecule has 0 aliphatic rings. The van der Waals surface area contributed by atoms with Gasteiger partial charge in [-0.1, -0.05) is 33.0 Å². The van der Waals surface area contributed by atoms with Gasteiger partial charge in [0, 0.05) is 19.0 Å². The van der Waals surface area contributed by atoms with Gasteiger partial charge in [0.2, 0.25) is 0 Å². The molecular formula is C14H26N4S. The van der Waals surface area contributed by atoms with Crippen molar-refractivity contribution in [2.75, 3.05) is 31.5 Å². The minimum atomic E-state index is 0.654. The van der Waals surface area contributed by atoms with Crippen molar-refractivity contribution in [3.05, 3.63) is 16.5 Å². The molecule has 2 N–H and O–H groups in total. The van der Waals surface area contributed by atoms with Gasteiger partial charge in [-0.2, -0.15) is 0 Å². The normalized spacial score (nSPS) is 10.9. The zero-order chi connectivity index (χ0) is 14.1. The number of H-pyrrole nitrogens is 1. The fourth-order valence-electron chi connectivity index (χ4n) is 1.99. The zero-order valence-electron chi connectivity index (χ0n) is 12.3. The van der Waals surface area contributed by atoms with Crippen molar-refractivity contribution in [1.82, 2.24) is 14.9 Å². The van der Waals surface area contributed by atoms with Gasteiger partial charge in [-0.15, -0.1) is 0 Å². The second-order valence-corrected chi connectivity index (χ2v) is 5.01. The van der Waals surface area contributed by atoms with E-state index in [4.69, 9.17) is 12.2 Å². The molecule has 0 fully saturated rings. The summed E-state index contributed by atoms with van der Waals surface area (Å²) in [6.07, 6.45) is 3.27. The molecule has 1 aromatic heterocycles. The van der Waals surface area contributed by atoms with E-state index in [1.54, 1.807) is 0 Å². The summed E-state index contributed by atoms with van der Waals surface area (Å²) in [5.74, 6) is 1.93. The molecule has 0 saturated carbocycles. The highest BCUT2D eigenvalue weighted by molar-refractivity contribution is 7.71. The third-order valence-electron chi connectivity index (χ3n) is 3.24. The van der Waals surface area contributed by atoms with Crippen LogP contribution in [0.2, 0.25) is 0 Å². The molecule has 1 aromatic rings. The van der Waals surface area contributed by atoms with Gasteiger partial charge < -0.3 is 15.2 Å². The van der Waals surface area contributed by atoms with E-state index in [9.17, 15) is 0 Å². The minimum Gasteiger partial charge on any atom is -0.372 e. The highest BCUT2D eigenvalue weighted by Gasteiger charge is 1.99. The Kier molecular flexibility index (Phi) is 7.67. The van der Waals surface area contributed by atoms with Crippen molar-refractivity contribution in [2.45, 2.75) is 40.0 Å². The van der Waals surface area contributed by atoms with E-state index in [1.165, 1.54) is 19.4 Å². The van der Waals surface area contributed by atoms with E-state index in [1.807, 2.05) is 6.07 Å². The fraction of sp³-hybridized carbons (Fsp3) is 0.714. The van der Waals surface area contributed by atoms with Gasteiger partial charge in [0.1, 0.15) is 16.3 Å². The zero-order valence-corrected chi connectivity index (χ0v) is 13.1. The smallest absolute Gasteiger partial charge is 0.131 e. The van der Waals surface area contributed by atoms with Crippen molar-refractivity contribution in [3.8, 4) is 0 Å². The number of nitrogens with zero attached hydrogens (tertiary/aromatic N) is 2. The average Bonchev–Trinajstić information content (AvgIpc) is 2.42. The quantitative estimate of drug-likeness (QED) is 0.539. The number of rotatable bonds is 9. The molecule has 0 amide bonds. The molecule has 0 unspecified atom stereocenters. The Hall–Kier alpha value is -0.940. The van der Waals surface area contributed by atoms with E-state index in [2.05, 4.69) is 41.0 Å². The number of aryl methyl sites for hydroxylation is 1. The topological polar surface area (TPSA) is 44.0 Å². The maximum absolute atomic E-state index is 5.14. The molecule has 19 heavy (non-hydrogen) atoms. The van der Waals surface area contributed by atoms with E-state index >= 15 is 0 Å². The van der Waals surface area contributed by atoms with Crippen LogP contribution in [0.5, 0.6) is 0 Å². The Balaban J connectivity index is 2.29. The summed E-state index contributed by atoms with van der Waals surface area (Å²) in [5, 5.41) is 3.39. The molecule has 0 aliphatic heterocycles. The molecular weight excluding hydrogens is 256 g/mol. The molecule has 1 rings (SSSR count). The first kappa shape index (κ1) is 16.1. The summed E-state index contributed by atoms with van der Waals surface area (Å²) in [7, 11) is 0. The lowest BCUT2D eigenvalue weighted by atomic mass is 10.3. The molecule has 1 heterocycles. The summed E-state index contributed by atoms with van der Waals surface area (Å²) in [6.45, 7) is 10.9. The molecule has 0 atom stereocenters. The number of hydrogen-bond acceptors (Lipinski definition) is 4. The highest BCUT2D eigenvalue weighted by atomic mass is 32.1. The SMILES string of the molecule is CCc1nc(=S)cc(NCCCCN(CC)CC)[nH]1. The van der Waals surface area contributed by atoms with Crippen molar-refractivity contribution in [2.24, 2.45) is 0 Å². The van der Waals surface area contributed by atoms with Gasteiger partial charge in [-0.25, -0.2) is 4.98 Å². The molecule has 5 heteroatoms. The van der Waals surface area contributed by atoms with Crippen LogP contribution in [-0.2, 0) is 6.42 Å². The van der Waals surface area contributed by atoms with Crippen LogP contribution in [0.4, 0.5) is 5.82 Å². The van der Waals surface area contributed by atoms with Crippen molar-refractivity contribution >= 4 is 18.0 Å². The lowest BCUT2D eigenvalue weighted by molar-refractivity contribution is 0.298. The van der Waals surface area contributed by atoms with Crippen LogP contribution in [0.3, 0.4) is 0 Å².